The van der Waals surface area contributed by atoms with Crippen LogP contribution in [0.15, 0.2) is 29.1 Å². The van der Waals surface area contributed by atoms with Crippen LogP contribution in [0.3, 0.4) is 0 Å². The largest absolute Gasteiger partial charge is 0.497 e. The summed E-state index contributed by atoms with van der Waals surface area (Å²) >= 11 is 5.29. The zero-order valence-corrected chi connectivity index (χ0v) is 15.7. The molecule has 0 unspecified atom stereocenters. The molecule has 1 aromatic heterocycles. The van der Waals surface area contributed by atoms with Gasteiger partial charge in [-0.15, -0.1) is 12.4 Å². The van der Waals surface area contributed by atoms with Gasteiger partial charge in [0.25, 0.3) is 5.56 Å². The topological polar surface area (TPSA) is 91.5 Å². The zero-order chi connectivity index (χ0) is 17.5. The third-order valence-corrected chi connectivity index (χ3v) is 3.76. The molecule has 0 saturated carbocycles. The van der Waals surface area contributed by atoms with Gasteiger partial charge < -0.3 is 24.5 Å². The second kappa shape index (κ2) is 10.2. The smallest absolute Gasteiger partial charge is 0.252 e. The second-order valence-electron chi connectivity index (χ2n) is 4.94. The van der Waals surface area contributed by atoms with Crippen molar-refractivity contribution < 1.29 is 14.2 Å². The summed E-state index contributed by atoms with van der Waals surface area (Å²) in [5.41, 5.74) is 6.54. The molecule has 2 aromatic rings. The Kier molecular flexibility index (Phi) is 8.64. The fourth-order valence-electron chi connectivity index (χ4n) is 2.32. The van der Waals surface area contributed by atoms with Gasteiger partial charge in [-0.25, -0.2) is 0 Å². The lowest BCUT2D eigenvalue weighted by molar-refractivity contribution is 0.133. The molecule has 0 amide bonds. The standard InChI is InChI=1S/C16H21N3O4S.ClH/c1-21-11-3-4-12(14(9-11)22-2)13-10-15(20)18-16(24)19(13)6-8-23-7-5-17;/h3-4,9-10H,5-8,17H2,1-2H3,(H,18,20,24);1H. The molecule has 1 aromatic carbocycles. The number of hydrogen-bond donors (Lipinski definition) is 2. The van der Waals surface area contributed by atoms with E-state index in [-0.39, 0.29) is 18.0 Å². The summed E-state index contributed by atoms with van der Waals surface area (Å²) in [5.74, 6) is 1.25. The SMILES string of the molecule is COc1ccc(-c2cc(=O)[nH]c(=S)n2CCOCCN)c(OC)c1.Cl. The molecule has 0 saturated heterocycles. The van der Waals surface area contributed by atoms with Crippen molar-refractivity contribution in [2.75, 3.05) is 34.0 Å². The lowest BCUT2D eigenvalue weighted by atomic mass is 10.1. The number of aromatic amines is 1. The summed E-state index contributed by atoms with van der Waals surface area (Å²) in [7, 11) is 3.15. The van der Waals surface area contributed by atoms with Gasteiger partial charge in [0.1, 0.15) is 11.5 Å². The molecule has 2 rings (SSSR count). The van der Waals surface area contributed by atoms with E-state index < -0.39 is 0 Å². The molecule has 7 nitrogen and oxygen atoms in total. The molecule has 0 bridgehead atoms. The highest BCUT2D eigenvalue weighted by Gasteiger charge is 2.13. The highest BCUT2D eigenvalue weighted by Crippen LogP contribution is 2.32. The van der Waals surface area contributed by atoms with Gasteiger partial charge in [0.2, 0.25) is 0 Å². The first-order valence-corrected chi connectivity index (χ1v) is 7.86. The molecule has 0 spiro atoms. The maximum atomic E-state index is 11.9. The van der Waals surface area contributed by atoms with Gasteiger partial charge in [-0.05, 0) is 24.4 Å². The van der Waals surface area contributed by atoms with E-state index in [0.29, 0.717) is 48.3 Å². The maximum Gasteiger partial charge on any atom is 0.252 e. The average Bonchev–Trinajstić information content (AvgIpc) is 2.59. The number of nitrogens with zero attached hydrogens (tertiary/aromatic N) is 1. The first-order valence-electron chi connectivity index (χ1n) is 7.45. The fourth-order valence-corrected chi connectivity index (χ4v) is 2.61. The molecule has 25 heavy (non-hydrogen) atoms. The van der Waals surface area contributed by atoms with Gasteiger partial charge in [-0.2, -0.15) is 0 Å². The highest BCUT2D eigenvalue weighted by molar-refractivity contribution is 7.71. The Morgan fingerprint density at radius 3 is 2.60 bits per heavy atom. The minimum absolute atomic E-state index is 0. The number of benzene rings is 1. The molecule has 1 heterocycles. The van der Waals surface area contributed by atoms with E-state index in [4.69, 9.17) is 32.2 Å². The van der Waals surface area contributed by atoms with Crippen molar-refractivity contribution in [2.24, 2.45) is 5.73 Å². The van der Waals surface area contributed by atoms with E-state index in [2.05, 4.69) is 4.98 Å². The van der Waals surface area contributed by atoms with E-state index in [1.54, 1.807) is 30.9 Å². The van der Waals surface area contributed by atoms with Crippen LogP contribution in [0.25, 0.3) is 11.3 Å². The molecular formula is C16H22ClN3O4S. The first kappa shape index (κ1) is 21.2. The number of rotatable bonds is 8. The molecule has 0 aliphatic rings. The predicted molar refractivity (Wildman–Crippen MR) is 102 cm³/mol. The number of H-pyrrole nitrogens is 1. The molecule has 0 fully saturated rings. The number of aromatic nitrogens is 2. The van der Waals surface area contributed by atoms with Crippen molar-refractivity contribution in [3.05, 3.63) is 39.4 Å². The molecule has 138 valence electrons. The Morgan fingerprint density at radius 2 is 1.96 bits per heavy atom. The number of ether oxygens (including phenoxy) is 3. The maximum absolute atomic E-state index is 11.9. The summed E-state index contributed by atoms with van der Waals surface area (Å²) in [5, 5.41) is 0. The lowest BCUT2D eigenvalue weighted by Gasteiger charge is -2.16. The van der Waals surface area contributed by atoms with Crippen LogP contribution in [0.1, 0.15) is 0 Å². The molecule has 9 heteroatoms. The van der Waals surface area contributed by atoms with Crippen LogP contribution in [0.2, 0.25) is 0 Å². The third-order valence-electron chi connectivity index (χ3n) is 3.44. The number of nitrogens with one attached hydrogen (secondary N) is 1. The highest BCUT2D eigenvalue weighted by atomic mass is 35.5. The van der Waals surface area contributed by atoms with Crippen molar-refractivity contribution in [3.8, 4) is 22.8 Å². The Morgan fingerprint density at radius 1 is 1.20 bits per heavy atom. The molecule has 0 radical (unpaired) electrons. The second-order valence-corrected chi connectivity index (χ2v) is 5.33. The van der Waals surface area contributed by atoms with Gasteiger partial charge >= 0.3 is 0 Å². The van der Waals surface area contributed by atoms with Gasteiger partial charge in [0, 0.05) is 30.8 Å². The van der Waals surface area contributed by atoms with Crippen molar-refractivity contribution in [3.63, 3.8) is 0 Å². The molecule has 0 atom stereocenters. The van der Waals surface area contributed by atoms with Crippen LogP contribution < -0.4 is 20.8 Å². The van der Waals surface area contributed by atoms with Crippen LogP contribution in [0.4, 0.5) is 0 Å². The number of methoxy groups -OCH3 is 2. The van der Waals surface area contributed by atoms with Crippen LogP contribution in [0, 0.1) is 4.77 Å². The summed E-state index contributed by atoms with van der Waals surface area (Å²) in [4.78, 5) is 14.5. The Bertz CT molecular complexity index is 807. The third kappa shape index (κ3) is 5.30. The zero-order valence-electron chi connectivity index (χ0n) is 14.1. The van der Waals surface area contributed by atoms with Gasteiger partial charge in [0.05, 0.1) is 33.1 Å². The summed E-state index contributed by atoms with van der Waals surface area (Å²) < 4.78 is 18.2. The Labute approximate surface area is 157 Å². The van der Waals surface area contributed by atoms with Crippen LogP contribution in [0.5, 0.6) is 11.5 Å². The van der Waals surface area contributed by atoms with Crippen molar-refractivity contribution in [1.29, 1.82) is 0 Å². The predicted octanol–water partition coefficient (Wildman–Crippen LogP) is 1.99. The normalized spacial score (nSPS) is 10.2. The minimum Gasteiger partial charge on any atom is -0.497 e. The fraction of sp³-hybridized carbons (Fsp3) is 0.375. The summed E-state index contributed by atoms with van der Waals surface area (Å²) in [6.45, 7) is 1.84. The molecular weight excluding hydrogens is 366 g/mol. The Balaban J connectivity index is 0.00000312. The van der Waals surface area contributed by atoms with Crippen molar-refractivity contribution in [2.45, 2.75) is 6.54 Å². The van der Waals surface area contributed by atoms with Crippen molar-refractivity contribution in [1.82, 2.24) is 9.55 Å². The molecule has 3 N–H and O–H groups in total. The van der Waals surface area contributed by atoms with Crippen LogP contribution in [-0.2, 0) is 11.3 Å². The molecule has 0 aliphatic carbocycles. The Hall–Kier alpha value is -1.87. The average molecular weight is 388 g/mol. The number of nitrogens with two attached hydrogens (primary N) is 1. The van der Waals surface area contributed by atoms with Crippen LogP contribution in [-0.4, -0.2) is 43.5 Å². The van der Waals surface area contributed by atoms with Gasteiger partial charge in [-0.1, -0.05) is 0 Å². The number of halogens is 1. The van der Waals surface area contributed by atoms with E-state index in [9.17, 15) is 4.79 Å². The van der Waals surface area contributed by atoms with E-state index in [0.717, 1.165) is 5.56 Å². The quantitative estimate of drug-likeness (QED) is 0.531. The molecule has 0 aliphatic heterocycles. The summed E-state index contributed by atoms with van der Waals surface area (Å²) in [6, 6.07) is 6.88. The van der Waals surface area contributed by atoms with E-state index in [1.807, 2.05) is 6.07 Å². The van der Waals surface area contributed by atoms with E-state index in [1.165, 1.54) is 6.07 Å². The monoisotopic (exact) mass is 387 g/mol. The van der Waals surface area contributed by atoms with E-state index >= 15 is 0 Å². The lowest BCUT2D eigenvalue weighted by Crippen LogP contribution is -2.18. The van der Waals surface area contributed by atoms with Gasteiger partial charge in [-0.3, -0.25) is 9.78 Å². The first-order chi connectivity index (χ1) is 11.6. The van der Waals surface area contributed by atoms with Crippen molar-refractivity contribution >= 4 is 24.6 Å². The summed E-state index contributed by atoms with van der Waals surface area (Å²) in [6.07, 6.45) is 0. The number of hydrogen-bond acceptors (Lipinski definition) is 6. The minimum atomic E-state index is -0.271. The van der Waals surface area contributed by atoms with Gasteiger partial charge in [0.15, 0.2) is 4.77 Å². The van der Waals surface area contributed by atoms with Crippen LogP contribution >= 0.6 is 24.6 Å².